The average Bonchev–Trinajstić information content (AvgIpc) is 3.32. The molecule has 1 aliphatic rings. The fourth-order valence-electron chi connectivity index (χ4n) is 2.48. The zero-order valence-electron chi connectivity index (χ0n) is 14.3. The molecule has 1 fully saturated rings. The summed E-state index contributed by atoms with van der Waals surface area (Å²) >= 11 is 1.37. The molecule has 2 amide bonds. The Hall–Kier alpha value is -2.41. The lowest BCUT2D eigenvalue weighted by atomic mass is 10.2. The zero-order chi connectivity index (χ0) is 17.8. The Labute approximate surface area is 150 Å². The van der Waals surface area contributed by atoms with E-state index in [4.69, 9.17) is 4.74 Å². The minimum atomic E-state index is -0.424. The summed E-state index contributed by atoms with van der Waals surface area (Å²) in [7, 11) is 0. The van der Waals surface area contributed by atoms with Gasteiger partial charge in [0, 0.05) is 17.1 Å². The number of benzene rings is 1. The van der Waals surface area contributed by atoms with E-state index in [-0.39, 0.29) is 12.1 Å². The molecule has 0 spiro atoms. The molecule has 6 nitrogen and oxygen atoms in total. The number of urea groups is 1. The number of hydrogen-bond acceptors (Lipinski definition) is 5. The van der Waals surface area contributed by atoms with Crippen molar-refractivity contribution in [3.05, 3.63) is 45.9 Å². The van der Waals surface area contributed by atoms with Gasteiger partial charge in [0.1, 0.15) is 5.01 Å². The Kier molecular flexibility index (Phi) is 5.33. The molecular weight excluding hydrogens is 338 g/mol. The first-order chi connectivity index (χ1) is 12.1. The highest BCUT2D eigenvalue weighted by Gasteiger charge is 2.33. The number of esters is 1. The number of hydrogen-bond donors (Lipinski definition) is 1. The molecule has 1 heterocycles. The third-order valence-corrected chi connectivity index (χ3v) is 4.81. The number of anilines is 1. The maximum absolute atomic E-state index is 12.7. The molecule has 1 aromatic carbocycles. The Bertz CT molecular complexity index is 770. The Morgan fingerprint density at radius 1 is 1.36 bits per heavy atom. The summed E-state index contributed by atoms with van der Waals surface area (Å²) in [5, 5.41) is 5.38. The molecule has 0 aliphatic heterocycles. The fraction of sp³-hybridized carbons (Fsp3) is 0.389. The quantitative estimate of drug-likeness (QED) is 0.796. The normalized spacial score (nSPS) is 13.4. The summed E-state index contributed by atoms with van der Waals surface area (Å²) in [6.45, 7) is 4.44. The monoisotopic (exact) mass is 359 g/mol. The van der Waals surface area contributed by atoms with Gasteiger partial charge in [-0.25, -0.2) is 14.6 Å². The van der Waals surface area contributed by atoms with Crippen molar-refractivity contribution in [3.63, 3.8) is 0 Å². The number of amides is 2. The second-order valence-electron chi connectivity index (χ2n) is 5.95. The molecule has 0 radical (unpaired) electrons. The molecule has 0 bridgehead atoms. The van der Waals surface area contributed by atoms with Crippen LogP contribution < -0.4 is 5.32 Å². The number of para-hydroxylation sites is 1. The van der Waals surface area contributed by atoms with Gasteiger partial charge in [-0.15, -0.1) is 11.3 Å². The summed E-state index contributed by atoms with van der Waals surface area (Å²) in [4.78, 5) is 30.5. The minimum Gasteiger partial charge on any atom is -0.461 e. The summed E-state index contributed by atoms with van der Waals surface area (Å²) < 4.78 is 4.96. The number of nitrogens with one attached hydrogen (secondary N) is 1. The smallest absolute Gasteiger partial charge is 0.357 e. The number of thiazole rings is 1. The van der Waals surface area contributed by atoms with Crippen LogP contribution in [0.4, 0.5) is 10.5 Å². The van der Waals surface area contributed by atoms with Gasteiger partial charge in [-0.05, 0) is 38.3 Å². The van der Waals surface area contributed by atoms with E-state index in [0.29, 0.717) is 18.8 Å². The lowest BCUT2D eigenvalue weighted by Gasteiger charge is -2.22. The van der Waals surface area contributed by atoms with Crippen LogP contribution in [-0.2, 0) is 11.3 Å². The van der Waals surface area contributed by atoms with Crippen molar-refractivity contribution in [2.45, 2.75) is 39.3 Å². The molecule has 132 valence electrons. The fourth-order valence-corrected chi connectivity index (χ4v) is 3.24. The van der Waals surface area contributed by atoms with Gasteiger partial charge in [0.15, 0.2) is 5.69 Å². The predicted octanol–water partition coefficient (Wildman–Crippen LogP) is 3.82. The van der Waals surface area contributed by atoms with Crippen LogP contribution in [0.25, 0.3) is 0 Å². The summed E-state index contributed by atoms with van der Waals surface area (Å²) in [6.07, 6.45) is 1.99. The first-order valence-electron chi connectivity index (χ1n) is 8.33. The molecule has 0 atom stereocenters. The molecule has 1 saturated carbocycles. The van der Waals surface area contributed by atoms with E-state index in [2.05, 4.69) is 10.3 Å². The van der Waals surface area contributed by atoms with Crippen molar-refractivity contribution in [1.29, 1.82) is 0 Å². The van der Waals surface area contributed by atoms with E-state index >= 15 is 0 Å². The zero-order valence-corrected chi connectivity index (χ0v) is 15.1. The number of nitrogens with zero attached hydrogens (tertiary/aromatic N) is 2. The van der Waals surface area contributed by atoms with Crippen molar-refractivity contribution in [1.82, 2.24) is 9.88 Å². The first kappa shape index (κ1) is 17.4. The maximum atomic E-state index is 12.7. The van der Waals surface area contributed by atoms with Gasteiger partial charge < -0.3 is 15.0 Å². The Balaban J connectivity index is 1.68. The highest BCUT2D eigenvalue weighted by molar-refractivity contribution is 7.09. The molecule has 25 heavy (non-hydrogen) atoms. The third-order valence-electron chi connectivity index (χ3n) is 3.98. The van der Waals surface area contributed by atoms with Gasteiger partial charge in [0.2, 0.25) is 0 Å². The topological polar surface area (TPSA) is 71.5 Å². The second-order valence-corrected chi connectivity index (χ2v) is 6.89. The number of carbonyl (C=O) groups excluding carboxylic acids is 2. The average molecular weight is 359 g/mol. The van der Waals surface area contributed by atoms with Crippen LogP contribution in [0, 0.1) is 6.92 Å². The van der Waals surface area contributed by atoms with Gasteiger partial charge in [-0.1, -0.05) is 18.2 Å². The van der Waals surface area contributed by atoms with E-state index in [0.717, 1.165) is 29.1 Å². The maximum Gasteiger partial charge on any atom is 0.357 e. The van der Waals surface area contributed by atoms with E-state index in [1.54, 1.807) is 17.2 Å². The number of aryl methyl sites for hydroxylation is 1. The van der Waals surface area contributed by atoms with Crippen LogP contribution in [0.5, 0.6) is 0 Å². The van der Waals surface area contributed by atoms with Crippen LogP contribution in [-0.4, -0.2) is 34.5 Å². The van der Waals surface area contributed by atoms with Gasteiger partial charge in [-0.2, -0.15) is 0 Å². The molecule has 0 unspecified atom stereocenters. The second kappa shape index (κ2) is 7.65. The Morgan fingerprint density at radius 3 is 2.80 bits per heavy atom. The molecule has 0 saturated heterocycles. The van der Waals surface area contributed by atoms with Crippen molar-refractivity contribution >= 4 is 29.0 Å². The number of rotatable bonds is 6. The highest BCUT2D eigenvalue weighted by Crippen LogP contribution is 2.30. The molecule has 1 aliphatic carbocycles. The molecule has 3 rings (SSSR count). The number of aromatic nitrogens is 1. The molecular formula is C18H21N3O3S. The van der Waals surface area contributed by atoms with E-state index < -0.39 is 5.97 Å². The number of ether oxygens (including phenoxy) is 1. The van der Waals surface area contributed by atoms with Crippen molar-refractivity contribution in [2.75, 3.05) is 11.9 Å². The van der Waals surface area contributed by atoms with Gasteiger partial charge in [0.05, 0.1) is 13.2 Å². The molecule has 2 aromatic rings. The van der Waals surface area contributed by atoms with Gasteiger partial charge in [-0.3, -0.25) is 0 Å². The minimum absolute atomic E-state index is 0.135. The molecule has 1 aromatic heterocycles. The van der Waals surface area contributed by atoms with E-state index in [1.165, 1.54) is 11.3 Å². The summed E-state index contributed by atoms with van der Waals surface area (Å²) in [5.74, 6) is -0.424. The van der Waals surface area contributed by atoms with E-state index in [9.17, 15) is 9.59 Å². The largest absolute Gasteiger partial charge is 0.461 e. The van der Waals surface area contributed by atoms with Crippen LogP contribution in [0.3, 0.4) is 0 Å². The Morgan fingerprint density at radius 2 is 2.12 bits per heavy atom. The van der Waals surface area contributed by atoms with Crippen LogP contribution in [0.2, 0.25) is 0 Å². The van der Waals surface area contributed by atoms with Gasteiger partial charge in [0.25, 0.3) is 0 Å². The predicted molar refractivity (Wildman–Crippen MR) is 96.8 cm³/mol. The van der Waals surface area contributed by atoms with Crippen LogP contribution >= 0.6 is 11.3 Å². The van der Waals surface area contributed by atoms with Crippen LogP contribution in [0.1, 0.15) is 40.8 Å². The standard InChI is InChI=1S/C18H21N3O3S/c1-3-24-17(22)15-11-25-16(19-15)10-21(13-8-9-13)18(23)20-14-7-5-4-6-12(14)2/h4-7,11,13H,3,8-10H2,1-2H3,(H,20,23). The lowest BCUT2D eigenvalue weighted by Crippen LogP contribution is -2.36. The first-order valence-corrected chi connectivity index (χ1v) is 9.21. The van der Waals surface area contributed by atoms with Crippen molar-refractivity contribution in [3.8, 4) is 0 Å². The van der Waals surface area contributed by atoms with Gasteiger partial charge >= 0.3 is 12.0 Å². The van der Waals surface area contributed by atoms with Crippen molar-refractivity contribution in [2.24, 2.45) is 0 Å². The lowest BCUT2D eigenvalue weighted by molar-refractivity contribution is 0.0520. The third kappa shape index (κ3) is 4.36. The SMILES string of the molecule is CCOC(=O)c1csc(CN(C(=O)Nc2ccccc2C)C2CC2)n1. The summed E-state index contributed by atoms with van der Waals surface area (Å²) in [5.41, 5.74) is 2.13. The summed E-state index contributed by atoms with van der Waals surface area (Å²) in [6, 6.07) is 7.79. The molecule has 7 heteroatoms. The van der Waals surface area contributed by atoms with E-state index in [1.807, 2.05) is 31.2 Å². The molecule has 1 N–H and O–H groups in total. The highest BCUT2D eigenvalue weighted by atomic mass is 32.1. The van der Waals surface area contributed by atoms with Crippen molar-refractivity contribution < 1.29 is 14.3 Å². The van der Waals surface area contributed by atoms with Crippen LogP contribution in [0.15, 0.2) is 29.6 Å². The number of carbonyl (C=O) groups is 2.